The molecular weight excluding hydrogens is 278 g/mol. The van der Waals surface area contributed by atoms with E-state index in [2.05, 4.69) is 0 Å². The van der Waals surface area contributed by atoms with Crippen molar-refractivity contribution in [2.75, 3.05) is 26.4 Å². The minimum Gasteiger partial charge on any atom is -0.317 e. The molecule has 15 heavy (non-hydrogen) atoms. The van der Waals surface area contributed by atoms with E-state index in [4.69, 9.17) is 52.7 Å². The van der Waals surface area contributed by atoms with E-state index >= 15 is 0 Å². The molecule has 4 N–H and O–H groups in total. The van der Waals surface area contributed by atoms with Gasteiger partial charge in [0.1, 0.15) is 0 Å². The van der Waals surface area contributed by atoms with Crippen molar-refractivity contribution in [1.82, 2.24) is 0 Å². The van der Waals surface area contributed by atoms with Crippen molar-refractivity contribution in [1.29, 1.82) is 0 Å². The molecule has 2 fully saturated rings. The molecule has 0 radical (unpaired) electrons. The van der Waals surface area contributed by atoms with Crippen LogP contribution in [0.1, 0.15) is 0 Å². The lowest BCUT2D eigenvalue weighted by atomic mass is 9.93. The maximum absolute atomic E-state index is 5.58. The van der Waals surface area contributed by atoms with Crippen LogP contribution in [0.25, 0.3) is 0 Å². The average molecular weight is 290 g/mol. The molecule has 0 saturated carbocycles. The first-order valence-corrected chi connectivity index (χ1v) is 9.60. The van der Waals surface area contributed by atoms with Crippen LogP contribution in [-0.4, -0.2) is 26.4 Å². The van der Waals surface area contributed by atoms with Gasteiger partial charge >= 0.3 is 0 Å². The van der Waals surface area contributed by atoms with Gasteiger partial charge in [-0.3, -0.25) is 11.0 Å². The van der Waals surface area contributed by atoms with E-state index in [1.807, 2.05) is 0 Å². The largest absolute Gasteiger partial charge is 0.317 e. The van der Waals surface area contributed by atoms with Gasteiger partial charge in [-0.05, 0) is 23.6 Å². The second kappa shape index (κ2) is 4.07. The first-order valence-electron chi connectivity index (χ1n) is 4.18. The third-order valence-electron chi connectivity index (χ3n) is 2.20. The topological polar surface area (TPSA) is 89.0 Å². The zero-order valence-electron chi connectivity index (χ0n) is 7.83. The zero-order chi connectivity index (χ0) is 11.2. The lowest BCUT2D eigenvalue weighted by molar-refractivity contribution is -0.0545. The van der Waals surface area contributed by atoms with Gasteiger partial charge in [-0.15, -0.1) is 0 Å². The molecule has 10 heteroatoms. The summed E-state index contributed by atoms with van der Waals surface area (Å²) in [6, 6.07) is 0. The van der Waals surface area contributed by atoms with E-state index in [1.54, 1.807) is 0 Å². The Morgan fingerprint density at radius 2 is 1.07 bits per heavy atom. The Hall–Kier alpha value is 1.06. The SMILES string of the molecule is NP1(=S)OCC2(CO1)COP(N)(=S)OC2. The predicted octanol–water partition coefficient (Wildman–Crippen LogP) is 0.433. The fourth-order valence-corrected chi connectivity index (χ4v) is 3.83. The van der Waals surface area contributed by atoms with Crippen molar-refractivity contribution < 1.29 is 18.1 Å². The molecule has 0 amide bonds. The highest BCUT2D eigenvalue weighted by Gasteiger charge is 2.44. The van der Waals surface area contributed by atoms with Crippen LogP contribution in [0, 0.1) is 5.41 Å². The molecule has 6 nitrogen and oxygen atoms in total. The molecule has 2 rings (SSSR count). The molecule has 2 heterocycles. The molecule has 0 aromatic carbocycles. The summed E-state index contributed by atoms with van der Waals surface area (Å²) in [6.07, 6.45) is 0. The first kappa shape index (κ1) is 12.5. The fraction of sp³-hybridized carbons (Fsp3) is 1.00. The molecule has 0 unspecified atom stereocenters. The minimum atomic E-state index is -2.54. The second-order valence-electron chi connectivity index (χ2n) is 3.67. The minimum absolute atomic E-state index is 0.358. The van der Waals surface area contributed by atoms with Crippen molar-refractivity contribution in [2.45, 2.75) is 0 Å². The van der Waals surface area contributed by atoms with Gasteiger partial charge < -0.3 is 18.1 Å². The number of hydrogen-bond acceptors (Lipinski definition) is 6. The van der Waals surface area contributed by atoms with Gasteiger partial charge in [-0.1, -0.05) is 0 Å². The Kier molecular flexibility index (Phi) is 3.39. The molecule has 2 aliphatic heterocycles. The summed E-state index contributed by atoms with van der Waals surface area (Å²) in [7, 11) is 0. The van der Waals surface area contributed by atoms with Crippen LogP contribution in [0.4, 0.5) is 0 Å². The summed E-state index contributed by atoms with van der Waals surface area (Å²) >= 11 is 9.83. The molecule has 2 saturated heterocycles. The molecule has 88 valence electrons. The second-order valence-corrected chi connectivity index (χ2v) is 9.92. The third-order valence-corrected chi connectivity index (χ3v) is 5.42. The molecule has 0 aromatic rings. The molecule has 0 bridgehead atoms. The van der Waals surface area contributed by atoms with Gasteiger partial charge in [-0.25, -0.2) is 0 Å². The number of nitrogens with two attached hydrogens (primary N) is 2. The van der Waals surface area contributed by atoms with E-state index in [0.29, 0.717) is 26.4 Å². The standard InChI is InChI=1S/C5H12N2O4P2S2/c6-12(14)8-1-5(2-9-12)3-10-13(7,15)11-4-5/h1-4H2,(H2,6,14)(H2,7,15). The summed E-state index contributed by atoms with van der Waals surface area (Å²) < 4.78 is 21.1. The van der Waals surface area contributed by atoms with Gasteiger partial charge in [0.25, 0.3) is 13.3 Å². The highest BCUT2D eigenvalue weighted by Crippen LogP contribution is 2.53. The zero-order valence-corrected chi connectivity index (χ0v) is 11.2. The van der Waals surface area contributed by atoms with Crippen LogP contribution in [0.15, 0.2) is 0 Å². The van der Waals surface area contributed by atoms with Gasteiger partial charge in [0.05, 0.1) is 31.8 Å². The Bertz CT molecular complexity index is 303. The highest BCUT2D eigenvalue weighted by atomic mass is 32.5. The van der Waals surface area contributed by atoms with Gasteiger partial charge in [0.2, 0.25) is 0 Å². The predicted molar refractivity (Wildman–Crippen MR) is 63.2 cm³/mol. The van der Waals surface area contributed by atoms with Crippen LogP contribution in [0.5, 0.6) is 0 Å². The maximum Gasteiger partial charge on any atom is 0.258 e. The van der Waals surface area contributed by atoms with Crippen molar-refractivity contribution in [3.63, 3.8) is 0 Å². The maximum atomic E-state index is 5.58. The van der Waals surface area contributed by atoms with E-state index in [9.17, 15) is 0 Å². The van der Waals surface area contributed by atoms with Crippen LogP contribution in [-0.2, 0) is 41.7 Å². The monoisotopic (exact) mass is 290 g/mol. The van der Waals surface area contributed by atoms with Crippen molar-refractivity contribution in [3.05, 3.63) is 0 Å². The van der Waals surface area contributed by atoms with Crippen molar-refractivity contribution in [2.24, 2.45) is 16.4 Å². The molecule has 2 aliphatic rings. The van der Waals surface area contributed by atoms with E-state index in [-0.39, 0.29) is 5.41 Å². The fourth-order valence-electron chi connectivity index (χ4n) is 1.23. The lowest BCUT2D eigenvalue weighted by Crippen LogP contribution is -2.46. The Labute approximate surface area is 98.0 Å². The highest BCUT2D eigenvalue weighted by molar-refractivity contribution is 8.09. The van der Waals surface area contributed by atoms with Gasteiger partial charge in [0, 0.05) is 0 Å². The normalized spacial score (nSPS) is 51.9. The Morgan fingerprint density at radius 1 is 0.800 bits per heavy atom. The molecular formula is C5H12N2O4P2S2. The molecule has 0 aliphatic carbocycles. The van der Waals surface area contributed by atoms with E-state index < -0.39 is 13.3 Å². The Morgan fingerprint density at radius 3 is 1.33 bits per heavy atom. The van der Waals surface area contributed by atoms with Crippen LogP contribution >= 0.6 is 13.3 Å². The molecule has 1 spiro atoms. The average Bonchev–Trinajstić information content (AvgIpc) is 2.15. The van der Waals surface area contributed by atoms with Crippen molar-refractivity contribution in [3.8, 4) is 0 Å². The van der Waals surface area contributed by atoms with Gasteiger partial charge in [-0.2, -0.15) is 0 Å². The van der Waals surface area contributed by atoms with E-state index in [0.717, 1.165) is 0 Å². The smallest absolute Gasteiger partial charge is 0.258 e. The summed E-state index contributed by atoms with van der Waals surface area (Å²) in [5, 5.41) is 0. The quantitative estimate of drug-likeness (QED) is 0.621. The molecule has 0 aromatic heterocycles. The summed E-state index contributed by atoms with van der Waals surface area (Å²) in [6.45, 7) is -3.59. The Balaban J connectivity index is 2.01. The van der Waals surface area contributed by atoms with Crippen LogP contribution < -0.4 is 11.0 Å². The number of hydrogen-bond donors (Lipinski definition) is 2. The summed E-state index contributed by atoms with van der Waals surface area (Å²) in [4.78, 5) is 0. The van der Waals surface area contributed by atoms with Crippen molar-refractivity contribution >= 4 is 36.9 Å². The molecule has 0 atom stereocenters. The lowest BCUT2D eigenvalue weighted by Gasteiger charge is -2.43. The summed E-state index contributed by atoms with van der Waals surface area (Å²) in [5.41, 5.74) is 10.8. The third kappa shape index (κ3) is 3.04. The summed E-state index contributed by atoms with van der Waals surface area (Å²) in [5.74, 6) is 0. The number of rotatable bonds is 0. The first-order chi connectivity index (χ1) is 6.83. The van der Waals surface area contributed by atoms with Gasteiger partial charge in [0.15, 0.2) is 0 Å². The van der Waals surface area contributed by atoms with Crippen LogP contribution in [0.3, 0.4) is 0 Å². The van der Waals surface area contributed by atoms with E-state index in [1.165, 1.54) is 0 Å². The van der Waals surface area contributed by atoms with Crippen LogP contribution in [0.2, 0.25) is 0 Å².